The number of hydrogen-bond donors (Lipinski definition) is 3. The maximum absolute atomic E-state index is 13.7. The molecule has 188 valence electrons. The lowest BCUT2D eigenvalue weighted by Gasteiger charge is -2.23. The van der Waals surface area contributed by atoms with Gasteiger partial charge in [-0.2, -0.15) is 0 Å². The van der Waals surface area contributed by atoms with Gasteiger partial charge in [0.2, 0.25) is 0 Å². The van der Waals surface area contributed by atoms with Gasteiger partial charge in [-0.05, 0) is 41.9 Å². The first-order valence-electron chi connectivity index (χ1n) is 11.4. The zero-order chi connectivity index (χ0) is 26.7. The van der Waals surface area contributed by atoms with Gasteiger partial charge in [-0.15, -0.1) is 0 Å². The molecule has 3 aromatic rings. The Kier molecular flexibility index (Phi) is 8.15. The molecule has 0 aliphatic heterocycles. The second kappa shape index (κ2) is 10.8. The molecule has 0 saturated heterocycles. The molecular weight excluding hydrogens is 480 g/mol. The highest BCUT2D eigenvalue weighted by atomic mass is 31.2. The Morgan fingerprint density at radius 3 is 2.33 bits per heavy atom. The molecule has 1 aromatic heterocycles. The molecule has 2 atom stereocenters. The van der Waals surface area contributed by atoms with Gasteiger partial charge in [0.25, 0.3) is 7.37 Å². The molecule has 0 saturated carbocycles. The van der Waals surface area contributed by atoms with E-state index in [1.54, 1.807) is 12.1 Å². The van der Waals surface area contributed by atoms with E-state index in [1.807, 2.05) is 58.0 Å². The number of aliphatic hydroxyl groups is 1. The summed E-state index contributed by atoms with van der Waals surface area (Å²) in [5.74, 6) is 1.14. The Labute approximate surface area is 210 Å². The smallest absolute Gasteiger partial charge is 0.305 e. The van der Waals surface area contributed by atoms with Crippen molar-refractivity contribution in [1.82, 2.24) is 4.98 Å². The van der Waals surface area contributed by atoms with E-state index in [1.165, 1.54) is 12.1 Å². The fourth-order valence-corrected chi connectivity index (χ4v) is 4.89. The number of aliphatic hydroxyl groups excluding tert-OH is 1. The van der Waals surface area contributed by atoms with Crippen molar-refractivity contribution in [2.75, 3.05) is 6.16 Å². The molecule has 8 heteroatoms. The minimum atomic E-state index is -4.20. The van der Waals surface area contributed by atoms with Gasteiger partial charge >= 0.3 is 5.97 Å². The molecule has 0 bridgehead atoms. The first-order chi connectivity index (χ1) is 16.8. The minimum Gasteiger partial charge on any atom is -0.481 e. The number of benzene rings is 2. The van der Waals surface area contributed by atoms with Crippen molar-refractivity contribution < 1.29 is 28.9 Å². The predicted molar refractivity (Wildman–Crippen MR) is 138 cm³/mol. The van der Waals surface area contributed by atoms with Gasteiger partial charge in [-0.25, -0.2) is 4.39 Å². The number of pyridine rings is 1. The molecule has 0 radical (unpaired) electrons. The highest BCUT2D eigenvalue weighted by Gasteiger charge is 2.26. The van der Waals surface area contributed by atoms with Gasteiger partial charge in [0, 0.05) is 16.5 Å². The molecule has 36 heavy (non-hydrogen) atoms. The Morgan fingerprint density at radius 1 is 1.11 bits per heavy atom. The topological polar surface area (TPSA) is 108 Å². The van der Waals surface area contributed by atoms with Gasteiger partial charge in [0.15, 0.2) is 0 Å². The molecule has 0 amide bonds. The van der Waals surface area contributed by atoms with Crippen molar-refractivity contribution >= 4 is 13.3 Å². The first-order valence-corrected chi connectivity index (χ1v) is 13.2. The summed E-state index contributed by atoms with van der Waals surface area (Å²) < 4.78 is 26.4. The maximum Gasteiger partial charge on any atom is 0.305 e. The van der Waals surface area contributed by atoms with Crippen LogP contribution in [0.25, 0.3) is 22.4 Å². The zero-order valence-corrected chi connectivity index (χ0v) is 21.5. The molecule has 2 aromatic carbocycles. The number of aliphatic carboxylic acids is 1. The molecule has 6 nitrogen and oxygen atoms in total. The van der Waals surface area contributed by atoms with Gasteiger partial charge < -0.3 is 15.1 Å². The fraction of sp³-hybridized carbons (Fsp3) is 0.286. The van der Waals surface area contributed by atoms with Crippen LogP contribution in [0.4, 0.5) is 4.39 Å². The molecule has 2 unspecified atom stereocenters. The van der Waals surface area contributed by atoms with Gasteiger partial charge in [-0.3, -0.25) is 14.3 Å². The lowest BCUT2D eigenvalue weighted by molar-refractivity contribution is -0.138. The van der Waals surface area contributed by atoms with Crippen LogP contribution < -0.4 is 0 Å². The van der Waals surface area contributed by atoms with Gasteiger partial charge in [-0.1, -0.05) is 63.1 Å². The number of rotatable bonds is 6. The third-order valence-electron chi connectivity index (χ3n) is 5.53. The van der Waals surface area contributed by atoms with Crippen LogP contribution in [0.5, 0.6) is 0 Å². The van der Waals surface area contributed by atoms with Crippen molar-refractivity contribution in [3.05, 3.63) is 77.2 Å². The van der Waals surface area contributed by atoms with Crippen LogP contribution in [0.15, 0.2) is 54.6 Å². The number of halogens is 1. The SMILES string of the molecule is Cc1ccccc1-c1cc(-c2ccc(F)cc2)c(C#CP(=O)(O)CC(O)CC(=O)O)c(C(C)(C)C)n1. The van der Waals surface area contributed by atoms with Crippen molar-refractivity contribution in [2.45, 2.75) is 45.6 Å². The summed E-state index contributed by atoms with van der Waals surface area (Å²) in [7, 11) is -4.20. The minimum absolute atomic E-state index is 0.400. The molecule has 0 fully saturated rings. The molecule has 3 N–H and O–H groups in total. The highest BCUT2D eigenvalue weighted by molar-refractivity contribution is 7.63. The number of nitrogens with zero attached hydrogens (tertiary/aromatic N) is 1. The zero-order valence-electron chi connectivity index (χ0n) is 20.6. The first kappa shape index (κ1) is 27.3. The van der Waals surface area contributed by atoms with Gasteiger partial charge in [0.05, 0.1) is 35.6 Å². The summed E-state index contributed by atoms with van der Waals surface area (Å²) in [6, 6.07) is 15.5. The predicted octanol–water partition coefficient (Wildman–Crippen LogP) is 5.58. The quantitative estimate of drug-likeness (QED) is 0.296. The van der Waals surface area contributed by atoms with E-state index in [-0.39, 0.29) is 0 Å². The summed E-state index contributed by atoms with van der Waals surface area (Å²) in [5.41, 5.74) is 6.75. The number of aromatic nitrogens is 1. The standard InChI is InChI=1S/C28H29FNO5P/c1-18-7-5-6-8-22(18)25-16-24(19-9-11-20(29)12-10-19)23(27(30-25)28(2,3)4)13-14-36(34,35)17-21(31)15-26(32)33/h5-12,16,21,31H,15,17H2,1-4H3,(H,32,33)(H,34,35). The van der Waals surface area contributed by atoms with E-state index in [2.05, 4.69) is 11.6 Å². The normalized spacial score (nSPS) is 13.9. The van der Waals surface area contributed by atoms with Crippen LogP contribution in [0, 0.1) is 24.3 Å². The number of aryl methyl sites for hydroxylation is 1. The average Bonchev–Trinajstić information content (AvgIpc) is 2.76. The number of carboxylic acids is 1. The third kappa shape index (κ3) is 6.89. The molecule has 3 rings (SSSR count). The Bertz CT molecular complexity index is 1380. The lowest BCUT2D eigenvalue weighted by atomic mass is 9.84. The molecule has 1 heterocycles. The van der Waals surface area contributed by atoms with Crippen LogP contribution in [0.2, 0.25) is 0 Å². The van der Waals surface area contributed by atoms with E-state index >= 15 is 0 Å². The number of carbonyl (C=O) groups is 1. The largest absolute Gasteiger partial charge is 0.481 e. The van der Waals surface area contributed by atoms with Crippen molar-refractivity contribution in [3.63, 3.8) is 0 Å². The van der Waals surface area contributed by atoms with Crippen LogP contribution in [0.3, 0.4) is 0 Å². The van der Waals surface area contributed by atoms with Crippen molar-refractivity contribution in [1.29, 1.82) is 0 Å². The van der Waals surface area contributed by atoms with E-state index in [0.717, 1.165) is 11.1 Å². The Balaban J connectivity index is 2.26. The molecule has 0 aliphatic rings. The van der Waals surface area contributed by atoms with E-state index in [0.29, 0.717) is 28.1 Å². The summed E-state index contributed by atoms with van der Waals surface area (Å²) in [5, 5.41) is 18.7. The molecule has 0 spiro atoms. The summed E-state index contributed by atoms with van der Waals surface area (Å²) in [4.78, 5) is 26.1. The average molecular weight is 510 g/mol. The summed E-state index contributed by atoms with van der Waals surface area (Å²) in [6.45, 7) is 7.83. The van der Waals surface area contributed by atoms with Gasteiger partial charge in [0.1, 0.15) is 5.82 Å². The molecule has 0 aliphatic carbocycles. The molecular formula is C28H29FNO5P. The van der Waals surface area contributed by atoms with Crippen LogP contribution in [-0.2, 0) is 14.8 Å². The fourth-order valence-electron chi connectivity index (χ4n) is 3.81. The van der Waals surface area contributed by atoms with Crippen LogP contribution in [-0.4, -0.2) is 38.3 Å². The van der Waals surface area contributed by atoms with Crippen molar-refractivity contribution in [3.8, 4) is 34.0 Å². The number of carboxylic acid groups (broad SMARTS) is 1. The van der Waals surface area contributed by atoms with E-state index in [9.17, 15) is 23.7 Å². The monoisotopic (exact) mass is 509 g/mol. The maximum atomic E-state index is 13.7. The lowest BCUT2D eigenvalue weighted by Crippen LogP contribution is -2.18. The van der Waals surface area contributed by atoms with E-state index in [4.69, 9.17) is 10.1 Å². The Morgan fingerprint density at radius 2 is 1.75 bits per heavy atom. The highest BCUT2D eigenvalue weighted by Crippen LogP contribution is 2.41. The van der Waals surface area contributed by atoms with E-state index < -0.39 is 43.3 Å². The second-order valence-corrected chi connectivity index (χ2v) is 11.7. The summed E-state index contributed by atoms with van der Waals surface area (Å²) >= 11 is 0. The summed E-state index contributed by atoms with van der Waals surface area (Å²) in [6.07, 6.45) is -2.84. The number of hydrogen-bond acceptors (Lipinski definition) is 4. The Hall–Kier alpha value is -3.30. The van der Waals surface area contributed by atoms with Crippen molar-refractivity contribution in [2.24, 2.45) is 0 Å². The third-order valence-corrected chi connectivity index (χ3v) is 6.91. The van der Waals surface area contributed by atoms with Crippen LogP contribution in [0.1, 0.15) is 44.0 Å². The second-order valence-electron chi connectivity index (χ2n) is 9.72. The van der Waals surface area contributed by atoms with Crippen LogP contribution >= 0.6 is 7.37 Å².